The molecule has 1 amide bonds. The van der Waals surface area contributed by atoms with E-state index in [1.54, 1.807) is 13.2 Å². The molecule has 0 bridgehead atoms. The van der Waals surface area contributed by atoms with E-state index in [0.717, 1.165) is 5.75 Å². The number of hydrogen-bond acceptors (Lipinski definition) is 6. The lowest BCUT2D eigenvalue weighted by Crippen LogP contribution is -2.15. The first kappa shape index (κ1) is 23.6. The summed E-state index contributed by atoms with van der Waals surface area (Å²) in [6, 6.07) is 11.2. The summed E-state index contributed by atoms with van der Waals surface area (Å²) < 4.78 is 26.2. The summed E-state index contributed by atoms with van der Waals surface area (Å²) >= 11 is 6.97. The first-order valence-electron chi connectivity index (χ1n) is 9.63. The first-order valence-corrected chi connectivity index (χ1v) is 11.0. The molecule has 168 valence electrons. The van der Waals surface area contributed by atoms with E-state index in [0.29, 0.717) is 29.0 Å². The Kier molecular flexibility index (Phi) is 8.13. The zero-order valence-electron chi connectivity index (χ0n) is 17.5. The van der Waals surface area contributed by atoms with Gasteiger partial charge in [0.1, 0.15) is 17.3 Å². The van der Waals surface area contributed by atoms with Crippen molar-refractivity contribution in [3.05, 3.63) is 71.8 Å². The molecule has 0 aliphatic rings. The van der Waals surface area contributed by atoms with Crippen molar-refractivity contribution in [3.63, 3.8) is 0 Å². The summed E-state index contributed by atoms with van der Waals surface area (Å²) in [6.07, 6.45) is 1.33. The number of benzene rings is 2. The molecule has 0 fully saturated rings. The first-order chi connectivity index (χ1) is 15.4. The lowest BCUT2D eigenvalue weighted by Gasteiger charge is -2.16. The Bertz CT molecular complexity index is 1090. The molecule has 3 rings (SSSR count). The minimum absolute atomic E-state index is 0.0586. The van der Waals surface area contributed by atoms with Gasteiger partial charge in [-0.15, -0.1) is 16.8 Å². The van der Waals surface area contributed by atoms with Gasteiger partial charge < -0.3 is 14.8 Å². The predicted molar refractivity (Wildman–Crippen MR) is 123 cm³/mol. The van der Waals surface area contributed by atoms with Crippen LogP contribution in [0.15, 0.2) is 60.3 Å². The van der Waals surface area contributed by atoms with Crippen molar-refractivity contribution in [2.45, 2.75) is 24.7 Å². The number of aromatic nitrogens is 3. The number of amides is 1. The highest BCUT2D eigenvalue weighted by molar-refractivity contribution is 7.99. The molecule has 10 heteroatoms. The van der Waals surface area contributed by atoms with Crippen LogP contribution in [0, 0.1) is 5.82 Å². The fourth-order valence-corrected chi connectivity index (χ4v) is 3.76. The number of ether oxygens (including phenoxy) is 2. The third-order valence-corrected chi connectivity index (χ3v) is 5.59. The van der Waals surface area contributed by atoms with E-state index in [-0.39, 0.29) is 22.8 Å². The van der Waals surface area contributed by atoms with Crippen LogP contribution >= 0.6 is 23.4 Å². The van der Waals surface area contributed by atoms with Crippen molar-refractivity contribution in [1.29, 1.82) is 0 Å². The molecule has 32 heavy (non-hydrogen) atoms. The lowest BCUT2D eigenvalue weighted by atomic mass is 10.3. The number of hydrogen-bond donors (Lipinski definition) is 1. The van der Waals surface area contributed by atoms with Crippen molar-refractivity contribution >= 4 is 35.0 Å². The second-order valence-electron chi connectivity index (χ2n) is 6.64. The molecule has 0 saturated heterocycles. The van der Waals surface area contributed by atoms with Crippen molar-refractivity contribution in [3.8, 4) is 11.5 Å². The number of halogens is 2. The fraction of sp³-hybridized carbons (Fsp3) is 0.227. The van der Waals surface area contributed by atoms with Gasteiger partial charge in [-0.05, 0) is 49.4 Å². The second-order valence-corrected chi connectivity index (χ2v) is 7.99. The molecule has 0 radical (unpaired) electrons. The number of anilines is 1. The fourth-order valence-electron chi connectivity index (χ4n) is 2.82. The quantitative estimate of drug-likeness (QED) is 0.322. The largest absolute Gasteiger partial charge is 0.497 e. The summed E-state index contributed by atoms with van der Waals surface area (Å²) in [5.41, 5.74) is 0.414. The van der Waals surface area contributed by atoms with Gasteiger partial charge in [0.05, 0.1) is 17.9 Å². The Morgan fingerprint density at radius 1 is 1.28 bits per heavy atom. The average molecular weight is 477 g/mol. The van der Waals surface area contributed by atoms with Gasteiger partial charge in [0.25, 0.3) is 0 Å². The lowest BCUT2D eigenvalue weighted by molar-refractivity contribution is -0.113. The van der Waals surface area contributed by atoms with Gasteiger partial charge in [0.2, 0.25) is 5.91 Å². The van der Waals surface area contributed by atoms with Crippen molar-refractivity contribution < 1.29 is 18.7 Å². The van der Waals surface area contributed by atoms with E-state index in [4.69, 9.17) is 21.1 Å². The number of nitrogens with zero attached hydrogens (tertiary/aromatic N) is 3. The number of carbonyl (C=O) groups is 1. The number of nitrogens with one attached hydrogen (secondary N) is 1. The molecular weight excluding hydrogens is 455 g/mol. The molecule has 0 spiro atoms. The van der Waals surface area contributed by atoms with E-state index < -0.39 is 5.82 Å². The molecule has 1 unspecified atom stereocenters. The summed E-state index contributed by atoms with van der Waals surface area (Å²) in [4.78, 5) is 12.3. The van der Waals surface area contributed by atoms with E-state index in [2.05, 4.69) is 22.1 Å². The minimum Gasteiger partial charge on any atom is -0.497 e. The van der Waals surface area contributed by atoms with Crippen LogP contribution in [0.4, 0.5) is 10.1 Å². The Hall–Kier alpha value is -3.04. The summed E-state index contributed by atoms with van der Waals surface area (Å²) in [6.45, 7) is 6.11. The summed E-state index contributed by atoms with van der Waals surface area (Å²) in [5.74, 6) is 1.26. The molecule has 0 saturated carbocycles. The van der Waals surface area contributed by atoms with Gasteiger partial charge in [-0.25, -0.2) is 4.39 Å². The third kappa shape index (κ3) is 6.02. The Morgan fingerprint density at radius 3 is 2.66 bits per heavy atom. The number of methoxy groups -OCH3 is 1. The standard InChI is InChI=1S/C22H22ClFN4O3S/c1-4-11-28-21(14(2)31-17-8-6-16(30-3)7-9-17)26-27-22(28)32-13-20(29)25-15-5-10-19(24)18(23)12-15/h4-10,12,14H,1,11,13H2,2-3H3,(H,25,29). The molecule has 7 nitrogen and oxygen atoms in total. The molecule has 0 aliphatic carbocycles. The van der Waals surface area contributed by atoms with Crippen LogP contribution in [0.1, 0.15) is 18.9 Å². The maximum Gasteiger partial charge on any atom is 0.234 e. The zero-order valence-corrected chi connectivity index (χ0v) is 19.1. The topological polar surface area (TPSA) is 78.3 Å². The van der Waals surface area contributed by atoms with Gasteiger partial charge >= 0.3 is 0 Å². The molecule has 1 N–H and O–H groups in total. The van der Waals surface area contributed by atoms with Crippen LogP contribution in [-0.2, 0) is 11.3 Å². The molecule has 2 aromatic carbocycles. The van der Waals surface area contributed by atoms with Crippen molar-refractivity contribution in [1.82, 2.24) is 14.8 Å². The predicted octanol–water partition coefficient (Wildman–Crippen LogP) is 5.14. The van der Waals surface area contributed by atoms with Crippen LogP contribution in [0.3, 0.4) is 0 Å². The Labute approximate surface area is 194 Å². The number of carbonyl (C=O) groups excluding carboxylic acids is 1. The highest BCUT2D eigenvalue weighted by Gasteiger charge is 2.20. The van der Waals surface area contributed by atoms with Crippen LogP contribution in [0.25, 0.3) is 0 Å². The van der Waals surface area contributed by atoms with E-state index in [9.17, 15) is 9.18 Å². The SMILES string of the molecule is C=CCn1c(SCC(=O)Nc2ccc(F)c(Cl)c2)nnc1C(C)Oc1ccc(OC)cc1. The third-order valence-electron chi connectivity index (χ3n) is 4.33. The molecular formula is C22H22ClFN4O3S. The van der Waals surface area contributed by atoms with Crippen LogP contribution in [-0.4, -0.2) is 33.5 Å². The second kappa shape index (κ2) is 11.0. The highest BCUT2D eigenvalue weighted by atomic mass is 35.5. The van der Waals surface area contributed by atoms with Crippen molar-refractivity contribution in [2.24, 2.45) is 0 Å². The molecule has 0 aliphatic heterocycles. The highest BCUT2D eigenvalue weighted by Crippen LogP contribution is 2.26. The Balaban J connectivity index is 1.65. The molecule has 1 heterocycles. The van der Waals surface area contributed by atoms with E-state index in [1.807, 2.05) is 35.8 Å². The van der Waals surface area contributed by atoms with Crippen LogP contribution in [0.5, 0.6) is 11.5 Å². The molecule has 3 aromatic rings. The smallest absolute Gasteiger partial charge is 0.234 e. The van der Waals surface area contributed by atoms with Gasteiger partial charge in [0.15, 0.2) is 17.1 Å². The number of allylic oxidation sites excluding steroid dienone is 1. The van der Waals surface area contributed by atoms with Crippen LogP contribution < -0.4 is 14.8 Å². The van der Waals surface area contributed by atoms with Gasteiger partial charge in [-0.1, -0.05) is 29.4 Å². The van der Waals surface area contributed by atoms with Gasteiger partial charge in [-0.3, -0.25) is 9.36 Å². The van der Waals surface area contributed by atoms with E-state index >= 15 is 0 Å². The van der Waals surface area contributed by atoms with Gasteiger partial charge in [0, 0.05) is 12.2 Å². The van der Waals surface area contributed by atoms with Crippen molar-refractivity contribution in [2.75, 3.05) is 18.2 Å². The zero-order chi connectivity index (χ0) is 23.1. The maximum atomic E-state index is 13.3. The number of thioether (sulfide) groups is 1. The number of rotatable bonds is 10. The van der Waals surface area contributed by atoms with Gasteiger partial charge in [-0.2, -0.15) is 0 Å². The Morgan fingerprint density at radius 2 is 2.00 bits per heavy atom. The summed E-state index contributed by atoms with van der Waals surface area (Å²) in [7, 11) is 1.60. The summed E-state index contributed by atoms with van der Waals surface area (Å²) in [5, 5.41) is 11.6. The monoisotopic (exact) mass is 476 g/mol. The van der Waals surface area contributed by atoms with Crippen LogP contribution in [0.2, 0.25) is 5.02 Å². The molecule has 1 aromatic heterocycles. The normalized spacial score (nSPS) is 11.6. The maximum absolute atomic E-state index is 13.3. The molecule has 1 atom stereocenters. The average Bonchev–Trinajstić information content (AvgIpc) is 3.18. The minimum atomic E-state index is -0.546. The van der Waals surface area contributed by atoms with E-state index in [1.165, 1.54) is 30.0 Å².